The molecule has 0 bridgehead atoms. The Labute approximate surface area is 103 Å². The van der Waals surface area contributed by atoms with Gasteiger partial charge in [0.05, 0.1) is 7.11 Å². The molecule has 0 heterocycles. The van der Waals surface area contributed by atoms with Crippen LogP contribution in [0.3, 0.4) is 0 Å². The van der Waals surface area contributed by atoms with Crippen LogP contribution in [-0.2, 0) is 11.3 Å². The van der Waals surface area contributed by atoms with Gasteiger partial charge in [-0.2, -0.15) is 0 Å². The monoisotopic (exact) mass is 235 g/mol. The van der Waals surface area contributed by atoms with Gasteiger partial charge in [-0.25, -0.2) is 0 Å². The number of hydrogen-bond donors (Lipinski definition) is 0. The minimum atomic E-state index is -0.332. The number of carbonyl (C=O) groups is 1. The maximum absolute atomic E-state index is 12.0. The summed E-state index contributed by atoms with van der Waals surface area (Å²) in [5.74, 6) is 0.979. The molecule has 1 amide bonds. The molecule has 17 heavy (non-hydrogen) atoms. The van der Waals surface area contributed by atoms with Gasteiger partial charge >= 0.3 is 0 Å². The summed E-state index contributed by atoms with van der Waals surface area (Å²) < 4.78 is 5.10. The highest BCUT2D eigenvalue weighted by Gasteiger charge is 2.24. The van der Waals surface area contributed by atoms with Crippen molar-refractivity contribution in [2.24, 2.45) is 5.41 Å². The van der Waals surface area contributed by atoms with Gasteiger partial charge in [-0.05, 0) is 17.7 Å². The first kappa shape index (κ1) is 13.6. The zero-order valence-corrected chi connectivity index (χ0v) is 11.3. The van der Waals surface area contributed by atoms with E-state index in [-0.39, 0.29) is 11.3 Å². The van der Waals surface area contributed by atoms with Gasteiger partial charge in [-0.15, -0.1) is 0 Å². The van der Waals surface area contributed by atoms with E-state index in [9.17, 15) is 4.79 Å². The molecule has 0 atom stereocenters. The van der Waals surface area contributed by atoms with Crippen LogP contribution < -0.4 is 4.74 Å². The van der Waals surface area contributed by atoms with Gasteiger partial charge in [-0.3, -0.25) is 4.79 Å². The van der Waals surface area contributed by atoms with Crippen LogP contribution >= 0.6 is 0 Å². The Hall–Kier alpha value is -1.51. The first-order valence-corrected chi connectivity index (χ1v) is 5.73. The molecule has 0 spiro atoms. The van der Waals surface area contributed by atoms with Crippen LogP contribution in [0.15, 0.2) is 24.3 Å². The Morgan fingerprint density at radius 3 is 2.18 bits per heavy atom. The summed E-state index contributed by atoms with van der Waals surface area (Å²) in [7, 11) is 3.47. The van der Waals surface area contributed by atoms with Gasteiger partial charge in [0, 0.05) is 19.0 Å². The number of benzene rings is 1. The van der Waals surface area contributed by atoms with Crippen molar-refractivity contribution in [3.05, 3.63) is 29.8 Å². The standard InChI is InChI=1S/C14H21NO2/c1-14(2,3)13(16)15(4)10-11-6-8-12(17-5)9-7-11/h6-9H,10H2,1-5H3. The van der Waals surface area contributed by atoms with Crippen LogP contribution in [-0.4, -0.2) is 25.0 Å². The number of rotatable bonds is 3. The molecular formula is C14H21NO2. The molecule has 1 aromatic rings. The number of ether oxygens (including phenoxy) is 1. The van der Waals surface area contributed by atoms with Crippen molar-refractivity contribution in [2.75, 3.05) is 14.2 Å². The molecule has 0 aliphatic carbocycles. The van der Waals surface area contributed by atoms with Gasteiger partial charge < -0.3 is 9.64 Å². The minimum Gasteiger partial charge on any atom is -0.497 e. The van der Waals surface area contributed by atoms with E-state index in [1.165, 1.54) is 0 Å². The van der Waals surface area contributed by atoms with E-state index in [2.05, 4.69) is 0 Å². The molecule has 0 aliphatic heterocycles. The first-order valence-electron chi connectivity index (χ1n) is 5.73. The van der Waals surface area contributed by atoms with E-state index in [1.54, 1.807) is 12.0 Å². The van der Waals surface area contributed by atoms with Crippen molar-refractivity contribution in [1.29, 1.82) is 0 Å². The van der Waals surface area contributed by atoms with Crippen LogP contribution in [0.1, 0.15) is 26.3 Å². The Balaban J connectivity index is 2.68. The SMILES string of the molecule is COc1ccc(CN(C)C(=O)C(C)(C)C)cc1. The van der Waals surface area contributed by atoms with Crippen molar-refractivity contribution in [3.63, 3.8) is 0 Å². The van der Waals surface area contributed by atoms with Crippen LogP contribution in [0.25, 0.3) is 0 Å². The number of hydrogen-bond acceptors (Lipinski definition) is 2. The van der Waals surface area contributed by atoms with E-state index >= 15 is 0 Å². The largest absolute Gasteiger partial charge is 0.497 e. The van der Waals surface area contributed by atoms with Crippen molar-refractivity contribution >= 4 is 5.91 Å². The van der Waals surface area contributed by atoms with Crippen LogP contribution in [0.5, 0.6) is 5.75 Å². The maximum Gasteiger partial charge on any atom is 0.227 e. The second kappa shape index (κ2) is 5.21. The van der Waals surface area contributed by atoms with Gasteiger partial charge in [0.15, 0.2) is 0 Å². The number of methoxy groups -OCH3 is 1. The molecule has 0 aliphatic rings. The topological polar surface area (TPSA) is 29.5 Å². The lowest BCUT2D eigenvalue weighted by molar-refractivity contribution is -0.138. The number of carbonyl (C=O) groups excluding carboxylic acids is 1. The fourth-order valence-electron chi connectivity index (χ4n) is 1.65. The maximum atomic E-state index is 12.0. The summed E-state index contributed by atoms with van der Waals surface area (Å²) in [6.45, 7) is 6.42. The van der Waals surface area contributed by atoms with Crippen molar-refractivity contribution in [3.8, 4) is 5.75 Å². The first-order chi connectivity index (χ1) is 7.84. The quantitative estimate of drug-likeness (QED) is 0.806. The smallest absolute Gasteiger partial charge is 0.227 e. The van der Waals surface area contributed by atoms with Crippen LogP contribution in [0.2, 0.25) is 0 Å². The zero-order valence-electron chi connectivity index (χ0n) is 11.3. The van der Waals surface area contributed by atoms with E-state index in [0.717, 1.165) is 11.3 Å². The molecule has 1 aromatic carbocycles. The molecule has 3 heteroatoms. The van der Waals surface area contributed by atoms with Crippen molar-refractivity contribution in [2.45, 2.75) is 27.3 Å². The van der Waals surface area contributed by atoms with Crippen molar-refractivity contribution < 1.29 is 9.53 Å². The molecule has 94 valence electrons. The molecule has 1 rings (SSSR count). The van der Waals surface area contributed by atoms with Gasteiger partial charge in [0.25, 0.3) is 0 Å². The fraction of sp³-hybridized carbons (Fsp3) is 0.500. The highest BCUT2D eigenvalue weighted by atomic mass is 16.5. The van der Waals surface area contributed by atoms with Crippen LogP contribution in [0.4, 0.5) is 0 Å². The van der Waals surface area contributed by atoms with E-state index in [0.29, 0.717) is 6.54 Å². The summed E-state index contributed by atoms with van der Waals surface area (Å²) in [6, 6.07) is 7.77. The Bertz CT molecular complexity index is 376. The number of amides is 1. The molecule has 0 saturated heterocycles. The zero-order chi connectivity index (χ0) is 13.1. The molecule has 0 fully saturated rings. The lowest BCUT2D eigenvalue weighted by atomic mass is 9.95. The third kappa shape index (κ3) is 3.77. The Morgan fingerprint density at radius 1 is 1.24 bits per heavy atom. The van der Waals surface area contributed by atoms with Crippen LogP contribution in [0, 0.1) is 5.41 Å². The summed E-state index contributed by atoms with van der Waals surface area (Å²) in [4.78, 5) is 13.7. The molecule has 0 unspecified atom stereocenters. The predicted molar refractivity (Wildman–Crippen MR) is 68.9 cm³/mol. The molecule has 0 saturated carbocycles. The second-order valence-corrected chi connectivity index (χ2v) is 5.26. The predicted octanol–water partition coefficient (Wildman–Crippen LogP) is 2.70. The average Bonchev–Trinajstić information content (AvgIpc) is 2.27. The highest BCUT2D eigenvalue weighted by Crippen LogP contribution is 2.19. The van der Waals surface area contributed by atoms with Gasteiger partial charge in [-0.1, -0.05) is 32.9 Å². The van der Waals surface area contributed by atoms with Crippen molar-refractivity contribution in [1.82, 2.24) is 4.90 Å². The summed E-state index contributed by atoms with van der Waals surface area (Å²) in [5.41, 5.74) is 0.771. The normalized spacial score (nSPS) is 11.1. The Kier molecular flexibility index (Phi) is 4.16. The third-order valence-electron chi connectivity index (χ3n) is 2.57. The van der Waals surface area contributed by atoms with E-state index < -0.39 is 0 Å². The summed E-state index contributed by atoms with van der Waals surface area (Å²) in [5, 5.41) is 0. The molecule has 3 nitrogen and oxygen atoms in total. The average molecular weight is 235 g/mol. The van der Waals surface area contributed by atoms with Gasteiger partial charge in [0.2, 0.25) is 5.91 Å². The number of nitrogens with zero attached hydrogens (tertiary/aromatic N) is 1. The lowest BCUT2D eigenvalue weighted by Crippen LogP contribution is -2.36. The van der Waals surface area contributed by atoms with Gasteiger partial charge in [0.1, 0.15) is 5.75 Å². The Morgan fingerprint density at radius 2 is 1.76 bits per heavy atom. The highest BCUT2D eigenvalue weighted by molar-refractivity contribution is 5.81. The molecular weight excluding hydrogens is 214 g/mol. The molecule has 0 N–H and O–H groups in total. The minimum absolute atomic E-state index is 0.147. The van der Waals surface area contributed by atoms with E-state index in [1.807, 2.05) is 52.1 Å². The summed E-state index contributed by atoms with van der Waals surface area (Å²) >= 11 is 0. The third-order valence-corrected chi connectivity index (χ3v) is 2.57. The fourth-order valence-corrected chi connectivity index (χ4v) is 1.65. The van der Waals surface area contributed by atoms with E-state index in [4.69, 9.17) is 4.74 Å². The molecule has 0 aromatic heterocycles. The second-order valence-electron chi connectivity index (χ2n) is 5.26. The molecule has 0 radical (unpaired) electrons. The summed E-state index contributed by atoms with van der Waals surface area (Å²) in [6.07, 6.45) is 0. The lowest BCUT2D eigenvalue weighted by Gasteiger charge is -2.26.